The van der Waals surface area contributed by atoms with Crippen LogP contribution in [0.1, 0.15) is 42.3 Å². The largest absolute Gasteiger partial charge is 0.381 e. The highest BCUT2D eigenvalue weighted by Gasteiger charge is 2.14. The second-order valence-corrected chi connectivity index (χ2v) is 8.29. The Morgan fingerprint density at radius 2 is 1.60 bits per heavy atom. The summed E-state index contributed by atoms with van der Waals surface area (Å²) < 4.78 is 0. The third-order valence-corrected chi connectivity index (χ3v) is 5.60. The monoisotopic (exact) mass is 461 g/mol. The molecule has 2 N–H and O–H groups in total. The lowest BCUT2D eigenvalue weighted by atomic mass is 9.96. The fourth-order valence-corrected chi connectivity index (χ4v) is 3.67. The lowest BCUT2D eigenvalue weighted by Gasteiger charge is -2.17. The van der Waals surface area contributed by atoms with Crippen molar-refractivity contribution in [3.05, 3.63) is 120 Å². The van der Waals surface area contributed by atoms with Crippen molar-refractivity contribution in [2.45, 2.75) is 20.8 Å². The van der Waals surface area contributed by atoms with Gasteiger partial charge in [0.15, 0.2) is 5.78 Å². The van der Waals surface area contributed by atoms with Crippen LogP contribution in [0.3, 0.4) is 0 Å². The minimum Gasteiger partial charge on any atom is -0.381 e. The van der Waals surface area contributed by atoms with Crippen LogP contribution in [0.15, 0.2) is 108 Å². The molecule has 0 atom stereocenters. The molecule has 3 aromatic rings. The van der Waals surface area contributed by atoms with Gasteiger partial charge in [-0.25, -0.2) is 0 Å². The van der Waals surface area contributed by atoms with Crippen LogP contribution >= 0.6 is 0 Å². The van der Waals surface area contributed by atoms with E-state index in [1.165, 1.54) is 6.21 Å². The van der Waals surface area contributed by atoms with E-state index in [9.17, 15) is 4.79 Å². The van der Waals surface area contributed by atoms with Gasteiger partial charge in [0.05, 0.1) is 5.69 Å². The van der Waals surface area contributed by atoms with Crippen molar-refractivity contribution in [2.24, 2.45) is 4.99 Å². The van der Waals surface area contributed by atoms with Crippen LogP contribution in [-0.4, -0.2) is 24.3 Å². The second-order valence-electron chi connectivity index (χ2n) is 8.29. The predicted molar refractivity (Wildman–Crippen MR) is 149 cm³/mol. The van der Waals surface area contributed by atoms with Crippen LogP contribution in [0.5, 0.6) is 0 Å². The minimum absolute atomic E-state index is 0.0454. The Labute approximate surface area is 208 Å². The Morgan fingerprint density at radius 1 is 0.914 bits per heavy atom. The highest BCUT2D eigenvalue weighted by Crippen LogP contribution is 2.35. The van der Waals surface area contributed by atoms with E-state index < -0.39 is 0 Å². The molecule has 4 nitrogen and oxygen atoms in total. The summed E-state index contributed by atoms with van der Waals surface area (Å²) in [5.74, 6) is 0.0454. The first-order valence-corrected chi connectivity index (χ1v) is 11.5. The number of nitrogens with one attached hydrogen (secondary N) is 2. The van der Waals surface area contributed by atoms with E-state index in [0.29, 0.717) is 12.1 Å². The van der Waals surface area contributed by atoms with Crippen molar-refractivity contribution in [1.82, 2.24) is 5.32 Å². The summed E-state index contributed by atoms with van der Waals surface area (Å²) in [4.78, 5) is 16.6. The van der Waals surface area contributed by atoms with Crippen molar-refractivity contribution in [2.75, 3.05) is 6.54 Å². The van der Waals surface area contributed by atoms with Crippen LogP contribution in [-0.2, 0) is 0 Å². The first kappa shape index (κ1) is 25.3. The lowest BCUT2D eigenvalue weighted by molar-refractivity contribution is 0.101. The predicted octanol–water partition coefficient (Wildman–Crippen LogP) is 7.41. The number of ketones is 1. The van der Waals surface area contributed by atoms with Crippen molar-refractivity contribution in [3.8, 4) is 11.1 Å². The number of hydrogen-bond donors (Lipinski definition) is 2. The Kier molecular flexibility index (Phi) is 8.85. The van der Waals surface area contributed by atoms with Crippen molar-refractivity contribution >= 4 is 29.1 Å². The van der Waals surface area contributed by atoms with Gasteiger partial charge >= 0.3 is 0 Å². The van der Waals surface area contributed by atoms with Crippen molar-refractivity contribution in [1.29, 1.82) is 5.41 Å². The maximum atomic E-state index is 11.6. The average Bonchev–Trinajstić information content (AvgIpc) is 2.88. The Balaban J connectivity index is 2.01. The number of hydrogen-bond acceptors (Lipinski definition) is 4. The molecule has 0 aliphatic heterocycles. The smallest absolute Gasteiger partial charge is 0.159 e. The zero-order valence-electron chi connectivity index (χ0n) is 20.5. The maximum Gasteiger partial charge on any atom is 0.159 e. The van der Waals surface area contributed by atoms with Crippen molar-refractivity contribution < 1.29 is 4.79 Å². The van der Waals surface area contributed by atoms with E-state index in [2.05, 4.69) is 30.1 Å². The summed E-state index contributed by atoms with van der Waals surface area (Å²) in [5, 5.41) is 10.6. The summed E-state index contributed by atoms with van der Waals surface area (Å²) in [7, 11) is 0. The van der Waals surface area contributed by atoms with Gasteiger partial charge in [-0.3, -0.25) is 9.79 Å². The molecule has 0 bridgehead atoms. The van der Waals surface area contributed by atoms with Crippen LogP contribution in [0.25, 0.3) is 16.8 Å². The van der Waals surface area contributed by atoms with E-state index in [0.717, 1.165) is 44.9 Å². The number of carbonyl (C=O) groups is 1. The van der Waals surface area contributed by atoms with Crippen LogP contribution in [0.2, 0.25) is 0 Å². The highest BCUT2D eigenvalue weighted by molar-refractivity contribution is 6.02. The van der Waals surface area contributed by atoms with E-state index in [1.807, 2.05) is 80.6 Å². The maximum absolute atomic E-state index is 11.6. The molecule has 0 spiro atoms. The zero-order chi connectivity index (χ0) is 25.2. The van der Waals surface area contributed by atoms with Gasteiger partial charge in [-0.05, 0) is 49.6 Å². The zero-order valence-corrected chi connectivity index (χ0v) is 20.5. The molecule has 3 rings (SSSR count). The molecule has 0 saturated heterocycles. The molecule has 0 fully saturated rings. The first-order valence-electron chi connectivity index (χ1n) is 11.5. The molecule has 0 amide bonds. The SMILES string of the molecule is C=C(NC/C(C)=C/C=C\C=N)c1c(N=C(C)c2ccc(C(C)=O)cc2)cccc1-c1ccccc1. The van der Waals surface area contributed by atoms with Gasteiger partial charge in [-0.2, -0.15) is 0 Å². The van der Waals surface area contributed by atoms with Crippen molar-refractivity contribution in [3.63, 3.8) is 0 Å². The normalized spacial score (nSPS) is 12.0. The molecule has 0 radical (unpaired) electrons. The minimum atomic E-state index is 0.0454. The molecular formula is C31H31N3O. The second kappa shape index (κ2) is 12.2. The van der Waals surface area contributed by atoms with E-state index in [-0.39, 0.29) is 5.78 Å². The molecule has 0 aromatic heterocycles. The Bertz CT molecular complexity index is 1300. The van der Waals surface area contributed by atoms with Gasteiger partial charge < -0.3 is 10.7 Å². The molecule has 0 saturated carbocycles. The number of nitrogens with zero attached hydrogens (tertiary/aromatic N) is 1. The number of Topliss-reactive ketones (excluding diaryl/α,β-unsaturated/α-hetero) is 1. The number of rotatable bonds is 10. The van der Waals surface area contributed by atoms with Gasteiger partial charge in [0, 0.05) is 35.3 Å². The first-order chi connectivity index (χ1) is 16.9. The van der Waals surface area contributed by atoms with Gasteiger partial charge in [-0.1, -0.05) is 91.0 Å². The highest BCUT2D eigenvalue weighted by atomic mass is 16.1. The van der Waals surface area contributed by atoms with Crippen LogP contribution in [0.4, 0.5) is 5.69 Å². The fourth-order valence-electron chi connectivity index (χ4n) is 3.67. The van der Waals surface area contributed by atoms with Crippen LogP contribution < -0.4 is 5.32 Å². The van der Waals surface area contributed by atoms with E-state index in [1.54, 1.807) is 13.0 Å². The van der Waals surface area contributed by atoms with Gasteiger partial charge in [0.2, 0.25) is 0 Å². The third-order valence-electron chi connectivity index (χ3n) is 5.60. The standard InChI is InChI=1S/C31H31N3O/c1-22(11-8-9-20-32)21-33-24(3)31-29(28-12-6-5-7-13-28)14-10-15-30(31)34-23(2)26-16-18-27(19-17-26)25(4)35/h5-20,32-33H,3,21H2,1-2,4H3/b9-8-,22-11+,32-20?,34-23?. The molecule has 0 aliphatic rings. The lowest BCUT2D eigenvalue weighted by Crippen LogP contribution is -2.14. The molecule has 3 aromatic carbocycles. The topological polar surface area (TPSA) is 65.3 Å². The number of benzene rings is 3. The molecule has 35 heavy (non-hydrogen) atoms. The number of allylic oxidation sites excluding steroid dienone is 3. The quantitative estimate of drug-likeness (QED) is 0.188. The summed E-state index contributed by atoms with van der Waals surface area (Å²) >= 11 is 0. The summed E-state index contributed by atoms with van der Waals surface area (Å²) in [6.07, 6.45) is 6.76. The van der Waals surface area contributed by atoms with Gasteiger partial charge in [0.25, 0.3) is 0 Å². The van der Waals surface area contributed by atoms with E-state index >= 15 is 0 Å². The number of aliphatic imine (C=N–C) groups is 1. The van der Waals surface area contributed by atoms with Crippen LogP contribution in [0, 0.1) is 5.41 Å². The average molecular weight is 462 g/mol. The Hall–Kier alpha value is -4.31. The molecule has 0 unspecified atom stereocenters. The molecule has 4 heteroatoms. The molecule has 0 heterocycles. The molecule has 176 valence electrons. The van der Waals surface area contributed by atoms with Gasteiger partial charge in [0.1, 0.15) is 0 Å². The summed E-state index contributed by atoms with van der Waals surface area (Å²) in [5.41, 5.74) is 8.31. The summed E-state index contributed by atoms with van der Waals surface area (Å²) in [6, 6.07) is 23.8. The third kappa shape index (κ3) is 6.84. The molecule has 0 aliphatic carbocycles. The van der Waals surface area contributed by atoms with E-state index in [4.69, 9.17) is 10.4 Å². The molecular weight excluding hydrogens is 430 g/mol. The fraction of sp³-hybridized carbons (Fsp3) is 0.129. The summed E-state index contributed by atoms with van der Waals surface area (Å²) in [6.45, 7) is 10.5. The number of carbonyl (C=O) groups excluding carboxylic acids is 1. The Morgan fingerprint density at radius 3 is 2.26 bits per heavy atom. The van der Waals surface area contributed by atoms with Gasteiger partial charge in [-0.15, -0.1) is 0 Å².